The van der Waals surface area contributed by atoms with Gasteiger partial charge in [-0.2, -0.15) is 9.84 Å². The molecule has 1 N–H and O–H groups in total. The summed E-state index contributed by atoms with van der Waals surface area (Å²) >= 11 is 0. The lowest BCUT2D eigenvalue weighted by Gasteiger charge is -2.23. The van der Waals surface area contributed by atoms with Crippen molar-refractivity contribution >= 4 is 23.2 Å². The van der Waals surface area contributed by atoms with E-state index in [-0.39, 0.29) is 36.0 Å². The van der Waals surface area contributed by atoms with E-state index in [0.717, 1.165) is 12.2 Å². The number of fused-ring (bicyclic) bond motifs is 1. The van der Waals surface area contributed by atoms with E-state index in [1.54, 1.807) is 0 Å². The Hall–Kier alpha value is -2.17. The second-order valence-corrected chi connectivity index (χ2v) is 8.26. The van der Waals surface area contributed by atoms with Gasteiger partial charge in [-0.1, -0.05) is 24.3 Å². The summed E-state index contributed by atoms with van der Waals surface area (Å²) in [5.74, 6) is 0. The van der Waals surface area contributed by atoms with E-state index in [2.05, 4.69) is 97.9 Å². The zero-order chi connectivity index (χ0) is 21.7. The van der Waals surface area contributed by atoms with Crippen molar-refractivity contribution in [1.29, 1.82) is 5.26 Å². The minimum atomic E-state index is -0.0355. The van der Waals surface area contributed by atoms with Gasteiger partial charge >= 0.3 is 0 Å². The van der Waals surface area contributed by atoms with E-state index in [1.165, 1.54) is 28.1 Å². The summed E-state index contributed by atoms with van der Waals surface area (Å²) in [7, 11) is 0. The first kappa shape index (κ1) is 25.1. The highest BCUT2D eigenvalue weighted by Gasteiger charge is 2.43. The summed E-state index contributed by atoms with van der Waals surface area (Å²) in [6.45, 7) is 11.1. The molecule has 4 nitrogen and oxygen atoms in total. The molecule has 1 aliphatic rings. The largest absolute Gasteiger partial charge is 1.00 e. The van der Waals surface area contributed by atoms with Gasteiger partial charge in [-0.05, 0) is 57.0 Å². The molecular formula is C26H32IN3O. The molecule has 0 atom stereocenters. The van der Waals surface area contributed by atoms with Gasteiger partial charge in [-0.3, -0.25) is 0 Å². The summed E-state index contributed by atoms with van der Waals surface area (Å²) < 4.78 is 2.40. The number of anilines is 1. The number of para-hydroxylation sites is 1. The van der Waals surface area contributed by atoms with Crippen LogP contribution >= 0.6 is 0 Å². The van der Waals surface area contributed by atoms with Crippen molar-refractivity contribution in [2.24, 2.45) is 0 Å². The molecule has 0 spiro atoms. The molecule has 5 heteroatoms. The van der Waals surface area contributed by atoms with Crippen molar-refractivity contribution in [3.8, 4) is 6.07 Å². The molecule has 0 bridgehead atoms. The van der Waals surface area contributed by atoms with Gasteiger partial charge in [0.15, 0.2) is 5.71 Å². The van der Waals surface area contributed by atoms with Gasteiger partial charge in [0.25, 0.3) is 0 Å². The number of allylic oxidation sites excluding steroid dienone is 1. The van der Waals surface area contributed by atoms with Gasteiger partial charge < -0.3 is 34.0 Å². The molecular weight excluding hydrogens is 497 g/mol. The normalized spacial score (nSPS) is 14.3. The molecule has 2 aromatic rings. The van der Waals surface area contributed by atoms with Crippen molar-refractivity contribution in [3.05, 3.63) is 65.2 Å². The van der Waals surface area contributed by atoms with Crippen molar-refractivity contribution in [2.75, 3.05) is 31.1 Å². The van der Waals surface area contributed by atoms with Crippen LogP contribution in [-0.2, 0) is 5.41 Å². The molecule has 2 aromatic carbocycles. The van der Waals surface area contributed by atoms with Crippen LogP contribution in [0.3, 0.4) is 0 Å². The zero-order valence-electron chi connectivity index (χ0n) is 18.9. The molecule has 1 aliphatic heterocycles. The number of nitrogens with zero attached hydrogens (tertiary/aromatic N) is 3. The number of hydrogen-bond donors (Lipinski definition) is 1. The lowest BCUT2D eigenvalue weighted by Crippen LogP contribution is -3.00. The first-order valence-corrected chi connectivity index (χ1v) is 10.7. The lowest BCUT2D eigenvalue weighted by atomic mass is 9.81. The minimum Gasteiger partial charge on any atom is -1.00 e. The number of aryl methyl sites for hydroxylation is 1. The van der Waals surface area contributed by atoms with Gasteiger partial charge in [-0.15, -0.1) is 0 Å². The molecule has 164 valence electrons. The van der Waals surface area contributed by atoms with Crippen LogP contribution < -0.4 is 28.9 Å². The van der Waals surface area contributed by atoms with E-state index >= 15 is 0 Å². The average Bonchev–Trinajstić information content (AvgIpc) is 2.96. The Morgan fingerprint density at radius 1 is 1.13 bits per heavy atom. The number of benzene rings is 2. The third-order valence-electron chi connectivity index (χ3n) is 6.02. The third kappa shape index (κ3) is 5.19. The smallest absolute Gasteiger partial charge is 0.209 e. The van der Waals surface area contributed by atoms with Crippen molar-refractivity contribution in [3.63, 3.8) is 0 Å². The van der Waals surface area contributed by atoms with Crippen LogP contribution in [0.1, 0.15) is 43.9 Å². The maximum Gasteiger partial charge on any atom is 0.209 e. The molecule has 0 fully saturated rings. The van der Waals surface area contributed by atoms with Crippen molar-refractivity contribution < 1.29 is 33.7 Å². The van der Waals surface area contributed by atoms with Crippen LogP contribution in [0, 0.1) is 18.3 Å². The van der Waals surface area contributed by atoms with Crippen molar-refractivity contribution in [1.82, 2.24) is 0 Å². The number of rotatable bonds is 8. The van der Waals surface area contributed by atoms with Gasteiger partial charge in [0.2, 0.25) is 5.69 Å². The van der Waals surface area contributed by atoms with E-state index in [0.29, 0.717) is 19.5 Å². The highest BCUT2D eigenvalue weighted by atomic mass is 127. The van der Waals surface area contributed by atoms with Crippen LogP contribution in [0.5, 0.6) is 0 Å². The fourth-order valence-electron chi connectivity index (χ4n) is 4.37. The fourth-order valence-corrected chi connectivity index (χ4v) is 4.37. The highest BCUT2D eigenvalue weighted by molar-refractivity contribution is 6.05. The maximum absolute atomic E-state index is 9.36. The van der Waals surface area contributed by atoms with Crippen molar-refractivity contribution in [2.45, 2.75) is 39.5 Å². The molecule has 1 heterocycles. The standard InChI is InChI=1S/C26H32N3O.HI/c1-5-29-24-10-7-6-9-23(24)26(3,4)25(29)14-12-21-11-13-22(19-20(21)2)28(17-18-30)16-8-15-27;/h6-7,9-14,19,30H,5,8,16-18H2,1-4H3;1H/q+1;/p-1. The van der Waals surface area contributed by atoms with Crippen LogP contribution in [0.15, 0.2) is 48.5 Å². The Balaban J connectivity index is 0.00000341. The Morgan fingerprint density at radius 2 is 1.87 bits per heavy atom. The summed E-state index contributed by atoms with van der Waals surface area (Å²) in [6, 6.07) is 17.2. The van der Waals surface area contributed by atoms with Gasteiger partial charge in [0.05, 0.1) is 24.5 Å². The highest BCUT2D eigenvalue weighted by Crippen LogP contribution is 2.39. The van der Waals surface area contributed by atoms with E-state index in [9.17, 15) is 5.11 Å². The molecule has 0 amide bonds. The fraction of sp³-hybridized carbons (Fsp3) is 0.385. The summed E-state index contributed by atoms with van der Waals surface area (Å²) in [5, 5.41) is 18.3. The minimum absolute atomic E-state index is 0. The Bertz CT molecular complexity index is 1020. The number of hydrogen-bond acceptors (Lipinski definition) is 3. The number of nitriles is 1. The predicted molar refractivity (Wildman–Crippen MR) is 125 cm³/mol. The first-order chi connectivity index (χ1) is 14.4. The summed E-state index contributed by atoms with van der Waals surface area (Å²) in [6.07, 6.45) is 4.91. The van der Waals surface area contributed by atoms with E-state index in [4.69, 9.17) is 5.26 Å². The van der Waals surface area contributed by atoms with Gasteiger partial charge in [0.1, 0.15) is 6.54 Å². The first-order valence-electron chi connectivity index (χ1n) is 10.7. The topological polar surface area (TPSA) is 50.3 Å². The summed E-state index contributed by atoms with van der Waals surface area (Å²) in [5.41, 5.74) is 7.35. The molecule has 0 aromatic heterocycles. The number of aliphatic hydroxyl groups excluding tert-OH is 1. The van der Waals surface area contributed by atoms with E-state index < -0.39 is 0 Å². The molecule has 0 saturated heterocycles. The predicted octanol–water partition coefficient (Wildman–Crippen LogP) is 1.82. The Kier molecular flexibility index (Phi) is 8.84. The second-order valence-electron chi connectivity index (χ2n) is 8.26. The maximum atomic E-state index is 9.36. The van der Waals surface area contributed by atoms with Crippen LogP contribution in [0.2, 0.25) is 0 Å². The molecule has 0 saturated carbocycles. The van der Waals surface area contributed by atoms with E-state index in [1.807, 2.05) is 0 Å². The molecule has 0 radical (unpaired) electrons. The van der Waals surface area contributed by atoms with Crippen LogP contribution in [0.4, 0.5) is 11.4 Å². The molecule has 0 aliphatic carbocycles. The monoisotopic (exact) mass is 529 g/mol. The Morgan fingerprint density at radius 3 is 2.52 bits per heavy atom. The molecule has 31 heavy (non-hydrogen) atoms. The van der Waals surface area contributed by atoms with Crippen LogP contribution in [0.25, 0.3) is 6.08 Å². The lowest BCUT2D eigenvalue weighted by molar-refractivity contribution is -0.433. The van der Waals surface area contributed by atoms with Gasteiger partial charge in [-0.25, -0.2) is 0 Å². The number of aliphatic hydroxyl groups is 1. The van der Waals surface area contributed by atoms with Crippen LogP contribution in [-0.4, -0.2) is 41.6 Å². The quantitative estimate of drug-likeness (QED) is 0.420. The molecule has 0 unspecified atom stereocenters. The number of halogens is 1. The summed E-state index contributed by atoms with van der Waals surface area (Å²) in [4.78, 5) is 2.06. The zero-order valence-corrected chi connectivity index (χ0v) is 21.1. The Labute approximate surface area is 203 Å². The second kappa shape index (κ2) is 10.9. The SMILES string of the molecule is CC[N+]1=C(/C=C/c2ccc(N(CCO)CCC#N)cc2C)C(C)(C)c2ccccc21.[I-]. The molecule has 3 rings (SSSR count). The third-order valence-corrected chi connectivity index (χ3v) is 6.02. The average molecular weight is 529 g/mol. The van der Waals surface area contributed by atoms with Gasteiger partial charge in [0, 0.05) is 36.5 Å².